The molecule has 0 aliphatic carbocycles. The molecule has 1 amide bonds. The fourth-order valence-corrected chi connectivity index (χ4v) is 4.26. The minimum atomic E-state index is -0.164. The molecule has 28 heavy (non-hydrogen) atoms. The van der Waals surface area contributed by atoms with Crippen molar-refractivity contribution in [2.45, 2.75) is 25.4 Å². The molecule has 0 saturated carbocycles. The number of para-hydroxylation sites is 2. The van der Waals surface area contributed by atoms with Crippen LogP contribution < -0.4 is 15.0 Å². The lowest BCUT2D eigenvalue weighted by atomic mass is 10.00. The molecular weight excluding hydrogens is 374 g/mol. The molecule has 2 aromatic rings. The minimum absolute atomic E-state index is 0.0179. The first-order chi connectivity index (χ1) is 13.6. The molecule has 0 aromatic heterocycles. The third-order valence-corrected chi connectivity index (χ3v) is 6.03. The summed E-state index contributed by atoms with van der Waals surface area (Å²) < 4.78 is 5.70. The third kappa shape index (κ3) is 3.96. The highest BCUT2D eigenvalue weighted by molar-refractivity contribution is 6.33. The fraction of sp³-hybridized carbons (Fsp3) is 0.409. The van der Waals surface area contributed by atoms with E-state index in [0.717, 1.165) is 54.6 Å². The van der Waals surface area contributed by atoms with Gasteiger partial charge in [0, 0.05) is 38.2 Å². The van der Waals surface area contributed by atoms with Crippen LogP contribution in [0.3, 0.4) is 0 Å². The van der Waals surface area contributed by atoms with Crippen LogP contribution in [0.4, 0.5) is 5.69 Å². The van der Waals surface area contributed by atoms with Crippen molar-refractivity contribution in [1.82, 2.24) is 10.2 Å². The summed E-state index contributed by atoms with van der Waals surface area (Å²) in [6.07, 6.45) is 0.801. The van der Waals surface area contributed by atoms with Gasteiger partial charge in [0.15, 0.2) is 0 Å². The van der Waals surface area contributed by atoms with Gasteiger partial charge in [0.25, 0.3) is 0 Å². The van der Waals surface area contributed by atoms with Crippen LogP contribution in [0.2, 0.25) is 5.02 Å². The first-order valence-corrected chi connectivity index (χ1v) is 10.3. The molecule has 0 spiro atoms. The molecule has 1 saturated heterocycles. The van der Waals surface area contributed by atoms with Crippen molar-refractivity contribution >= 4 is 23.2 Å². The maximum absolute atomic E-state index is 12.9. The van der Waals surface area contributed by atoms with Gasteiger partial charge in [-0.2, -0.15) is 0 Å². The topological polar surface area (TPSA) is 44.8 Å². The number of carbonyl (C=O) groups excluding carboxylic acids is 1. The predicted molar refractivity (Wildman–Crippen MR) is 112 cm³/mol. The zero-order valence-corrected chi connectivity index (χ0v) is 16.9. The van der Waals surface area contributed by atoms with E-state index >= 15 is 0 Å². The lowest BCUT2D eigenvalue weighted by Gasteiger charge is -2.39. The number of piperazine rings is 1. The maximum atomic E-state index is 12.9. The van der Waals surface area contributed by atoms with Crippen molar-refractivity contribution in [3.63, 3.8) is 0 Å². The number of benzene rings is 2. The Labute approximate surface area is 171 Å². The number of nitrogens with zero attached hydrogens (tertiary/aromatic N) is 2. The molecule has 2 aliphatic heterocycles. The zero-order chi connectivity index (χ0) is 19.5. The van der Waals surface area contributed by atoms with E-state index < -0.39 is 0 Å². The Morgan fingerprint density at radius 2 is 1.82 bits per heavy atom. The van der Waals surface area contributed by atoms with Gasteiger partial charge in [-0.3, -0.25) is 9.69 Å². The van der Waals surface area contributed by atoms with Crippen molar-refractivity contribution in [3.8, 4) is 5.75 Å². The van der Waals surface area contributed by atoms with Crippen LogP contribution >= 0.6 is 11.6 Å². The van der Waals surface area contributed by atoms with Gasteiger partial charge in [-0.05, 0) is 25.1 Å². The number of hydrogen-bond acceptors (Lipinski definition) is 4. The standard InChI is InChI=1S/C22H26ClN3O2/c1-16(22(27)24-19-10-15-28-21-9-5-2-6-17(19)21)25-11-13-26(14-12-25)20-8-4-3-7-18(20)23/h2-9,16,19H,10-15H2,1H3,(H,24,27). The van der Waals surface area contributed by atoms with Crippen molar-refractivity contribution in [2.75, 3.05) is 37.7 Å². The zero-order valence-electron chi connectivity index (χ0n) is 16.1. The number of nitrogens with one attached hydrogen (secondary N) is 1. The van der Waals surface area contributed by atoms with Gasteiger partial charge in [-0.15, -0.1) is 0 Å². The molecular formula is C22H26ClN3O2. The van der Waals surface area contributed by atoms with E-state index in [2.05, 4.69) is 21.2 Å². The van der Waals surface area contributed by atoms with E-state index in [-0.39, 0.29) is 18.0 Å². The van der Waals surface area contributed by atoms with Crippen molar-refractivity contribution in [2.24, 2.45) is 0 Å². The van der Waals surface area contributed by atoms with Crippen LogP contribution in [-0.4, -0.2) is 49.6 Å². The second-order valence-electron chi connectivity index (χ2n) is 7.39. The summed E-state index contributed by atoms with van der Waals surface area (Å²) >= 11 is 6.33. The fourth-order valence-electron chi connectivity index (χ4n) is 4.01. The molecule has 2 aromatic carbocycles. The van der Waals surface area contributed by atoms with E-state index in [1.807, 2.05) is 49.4 Å². The largest absolute Gasteiger partial charge is 0.493 e. The predicted octanol–water partition coefficient (Wildman–Crippen LogP) is 3.49. The summed E-state index contributed by atoms with van der Waals surface area (Å²) in [6, 6.07) is 15.7. The highest BCUT2D eigenvalue weighted by Crippen LogP contribution is 2.32. The lowest BCUT2D eigenvalue weighted by molar-refractivity contribution is -0.127. The average molecular weight is 400 g/mol. The van der Waals surface area contributed by atoms with Gasteiger partial charge in [0.2, 0.25) is 5.91 Å². The number of fused-ring (bicyclic) bond motifs is 1. The van der Waals surface area contributed by atoms with Crippen molar-refractivity contribution < 1.29 is 9.53 Å². The normalized spacial score (nSPS) is 20.8. The molecule has 0 radical (unpaired) electrons. The number of hydrogen-bond donors (Lipinski definition) is 1. The lowest BCUT2D eigenvalue weighted by Crippen LogP contribution is -2.54. The quantitative estimate of drug-likeness (QED) is 0.854. The van der Waals surface area contributed by atoms with Gasteiger partial charge in [-0.25, -0.2) is 0 Å². The van der Waals surface area contributed by atoms with Gasteiger partial charge >= 0.3 is 0 Å². The molecule has 2 heterocycles. The van der Waals surface area contributed by atoms with Crippen molar-refractivity contribution in [1.29, 1.82) is 0 Å². The number of rotatable bonds is 4. The number of halogens is 1. The van der Waals surface area contributed by atoms with Crippen LogP contribution in [0.5, 0.6) is 5.75 Å². The summed E-state index contributed by atoms with van der Waals surface area (Å²) in [5.74, 6) is 0.952. The second-order valence-corrected chi connectivity index (χ2v) is 7.79. The van der Waals surface area contributed by atoms with Crippen LogP contribution in [-0.2, 0) is 4.79 Å². The summed E-state index contributed by atoms with van der Waals surface area (Å²) in [5.41, 5.74) is 2.14. The van der Waals surface area contributed by atoms with Gasteiger partial charge in [0.1, 0.15) is 5.75 Å². The molecule has 1 fully saturated rings. The minimum Gasteiger partial charge on any atom is -0.493 e. The Kier molecular flexibility index (Phi) is 5.74. The van der Waals surface area contributed by atoms with E-state index in [4.69, 9.17) is 16.3 Å². The Morgan fingerprint density at radius 1 is 1.11 bits per heavy atom. The van der Waals surface area contributed by atoms with Crippen LogP contribution in [0, 0.1) is 0 Å². The third-order valence-electron chi connectivity index (χ3n) is 5.71. The Bertz CT molecular complexity index is 836. The first-order valence-electron chi connectivity index (χ1n) is 9.89. The molecule has 0 bridgehead atoms. The van der Waals surface area contributed by atoms with Crippen LogP contribution in [0.25, 0.3) is 0 Å². The smallest absolute Gasteiger partial charge is 0.237 e. The second kappa shape index (κ2) is 8.41. The molecule has 6 heteroatoms. The summed E-state index contributed by atoms with van der Waals surface area (Å²) in [7, 11) is 0. The number of ether oxygens (including phenoxy) is 1. The highest BCUT2D eigenvalue weighted by Gasteiger charge is 2.29. The molecule has 2 unspecified atom stereocenters. The molecule has 2 atom stereocenters. The molecule has 5 nitrogen and oxygen atoms in total. The summed E-state index contributed by atoms with van der Waals surface area (Å²) in [4.78, 5) is 17.4. The van der Waals surface area contributed by atoms with Crippen LogP contribution in [0.15, 0.2) is 48.5 Å². The molecule has 1 N–H and O–H groups in total. The van der Waals surface area contributed by atoms with E-state index in [9.17, 15) is 4.79 Å². The van der Waals surface area contributed by atoms with E-state index in [1.54, 1.807) is 0 Å². The summed E-state index contributed by atoms with van der Waals surface area (Å²) in [6.45, 7) is 6.02. The monoisotopic (exact) mass is 399 g/mol. The van der Waals surface area contributed by atoms with E-state index in [1.165, 1.54) is 0 Å². The average Bonchev–Trinajstić information content (AvgIpc) is 2.74. The Morgan fingerprint density at radius 3 is 2.61 bits per heavy atom. The number of carbonyl (C=O) groups is 1. The number of amides is 1. The van der Waals surface area contributed by atoms with Crippen LogP contribution in [0.1, 0.15) is 24.9 Å². The van der Waals surface area contributed by atoms with Gasteiger partial charge in [-0.1, -0.05) is 41.9 Å². The van der Waals surface area contributed by atoms with Gasteiger partial charge in [0.05, 0.1) is 29.4 Å². The SMILES string of the molecule is CC(C(=O)NC1CCOc2ccccc21)N1CCN(c2ccccc2Cl)CC1. The van der Waals surface area contributed by atoms with E-state index in [0.29, 0.717) is 6.61 Å². The summed E-state index contributed by atoms with van der Waals surface area (Å²) in [5, 5.41) is 4.01. The Hall–Kier alpha value is -2.24. The van der Waals surface area contributed by atoms with Crippen molar-refractivity contribution in [3.05, 3.63) is 59.1 Å². The highest BCUT2D eigenvalue weighted by atomic mass is 35.5. The number of anilines is 1. The van der Waals surface area contributed by atoms with Gasteiger partial charge < -0.3 is 15.0 Å². The Balaban J connectivity index is 1.35. The molecule has 4 rings (SSSR count). The molecule has 148 valence electrons. The maximum Gasteiger partial charge on any atom is 0.237 e. The first kappa shape index (κ1) is 19.1. The molecule has 2 aliphatic rings.